The van der Waals surface area contributed by atoms with Gasteiger partial charge in [-0.05, 0) is 36.2 Å². The van der Waals surface area contributed by atoms with Crippen molar-refractivity contribution >= 4 is 28.0 Å². The van der Waals surface area contributed by atoms with Gasteiger partial charge in [-0.1, -0.05) is 19.1 Å². The fraction of sp³-hybridized carbons (Fsp3) is 0.300. The highest BCUT2D eigenvalue weighted by Crippen LogP contribution is 2.35. The summed E-state index contributed by atoms with van der Waals surface area (Å²) in [6, 6.07) is 11.9. The van der Waals surface area contributed by atoms with Crippen LogP contribution in [0.1, 0.15) is 18.9 Å². The number of nitrogens with two attached hydrogens (primary N) is 1. The lowest BCUT2D eigenvalue weighted by molar-refractivity contribution is -0.0512. The summed E-state index contributed by atoms with van der Waals surface area (Å²) in [5.74, 6) is 0.0882. The number of methoxy groups -OCH3 is 1. The van der Waals surface area contributed by atoms with Crippen LogP contribution in [0.25, 0.3) is 0 Å². The number of alkyl halides is 2. The van der Waals surface area contributed by atoms with Crippen molar-refractivity contribution in [2.24, 2.45) is 5.10 Å². The van der Waals surface area contributed by atoms with Crippen LogP contribution in [-0.4, -0.2) is 35.4 Å². The van der Waals surface area contributed by atoms with E-state index in [1.165, 1.54) is 18.2 Å². The van der Waals surface area contributed by atoms with Gasteiger partial charge in [0.2, 0.25) is 0 Å². The highest BCUT2D eigenvalue weighted by Gasteiger charge is 2.46. The number of anilines is 1. The van der Waals surface area contributed by atoms with E-state index in [-0.39, 0.29) is 22.0 Å². The van der Waals surface area contributed by atoms with E-state index in [0.29, 0.717) is 23.5 Å². The zero-order chi connectivity index (χ0) is 21.0. The summed E-state index contributed by atoms with van der Waals surface area (Å²) >= 11 is 0. The monoisotopic (exact) mass is 422 g/mol. The summed E-state index contributed by atoms with van der Waals surface area (Å²) in [7, 11) is 0.529. The number of carbonyl (C=O) groups is 1. The van der Waals surface area contributed by atoms with E-state index in [4.69, 9.17) is 10.5 Å². The molecule has 0 radical (unpaired) electrons. The van der Waals surface area contributed by atoms with Crippen molar-refractivity contribution in [3.8, 4) is 11.5 Å². The molecule has 0 aliphatic carbocycles. The molecule has 0 spiro atoms. The molecule has 9 heteroatoms. The van der Waals surface area contributed by atoms with Gasteiger partial charge in [0.05, 0.1) is 19.9 Å². The van der Waals surface area contributed by atoms with E-state index in [9.17, 15) is 13.6 Å². The molecule has 0 bridgehead atoms. The maximum Gasteiger partial charge on any atom is 0.458 e. The van der Waals surface area contributed by atoms with E-state index in [1.807, 2.05) is 19.1 Å². The van der Waals surface area contributed by atoms with Crippen LogP contribution in [0.4, 0.5) is 19.3 Å². The van der Waals surface area contributed by atoms with Crippen LogP contribution in [0.2, 0.25) is 0 Å². The fourth-order valence-electron chi connectivity index (χ4n) is 2.93. The summed E-state index contributed by atoms with van der Waals surface area (Å²) in [5, 5.41) is 5.54. The van der Waals surface area contributed by atoms with Crippen molar-refractivity contribution in [1.82, 2.24) is 5.01 Å². The molecule has 1 aliphatic rings. The maximum atomic E-state index is 13.2. The van der Waals surface area contributed by atoms with Gasteiger partial charge in [0.15, 0.2) is 21.6 Å². The summed E-state index contributed by atoms with van der Waals surface area (Å²) in [5.41, 5.74) is 7.26. The second kappa shape index (κ2) is 9.13. The molecular formula is C20H22F2N3O3S+. The second-order valence-corrected chi connectivity index (χ2v) is 8.41. The quantitative estimate of drug-likeness (QED) is 0.534. The van der Waals surface area contributed by atoms with Crippen LogP contribution in [0.3, 0.4) is 0 Å². The Morgan fingerprint density at radius 2 is 1.93 bits per heavy atom. The van der Waals surface area contributed by atoms with E-state index in [0.717, 1.165) is 5.56 Å². The minimum atomic E-state index is -2.96. The van der Waals surface area contributed by atoms with Crippen molar-refractivity contribution in [2.45, 2.75) is 36.6 Å². The van der Waals surface area contributed by atoms with Crippen molar-refractivity contribution < 1.29 is 23.0 Å². The third-order valence-corrected chi connectivity index (χ3v) is 6.80. The van der Waals surface area contributed by atoms with Crippen LogP contribution in [-0.2, 0) is 17.4 Å². The number of nitrogens with zero attached hydrogens (tertiary/aromatic N) is 2. The first-order chi connectivity index (χ1) is 13.9. The Bertz CT molecular complexity index is 893. The van der Waals surface area contributed by atoms with E-state index in [1.54, 1.807) is 30.5 Å². The number of benzene rings is 2. The molecule has 2 aromatic rings. The van der Waals surface area contributed by atoms with Crippen LogP contribution >= 0.6 is 0 Å². The predicted octanol–water partition coefficient (Wildman–Crippen LogP) is 4.26. The molecule has 0 saturated heterocycles. The number of hydrogen-bond donors (Lipinski definition) is 1. The van der Waals surface area contributed by atoms with Crippen LogP contribution in [0.15, 0.2) is 52.5 Å². The molecule has 2 N–H and O–H groups in total. The average molecular weight is 422 g/mol. The normalized spacial score (nSPS) is 18.9. The van der Waals surface area contributed by atoms with E-state index >= 15 is 0 Å². The molecule has 154 valence electrons. The van der Waals surface area contributed by atoms with E-state index < -0.39 is 17.5 Å². The Morgan fingerprint density at radius 1 is 1.21 bits per heavy atom. The van der Waals surface area contributed by atoms with Gasteiger partial charge in [-0.15, -0.1) is 0 Å². The van der Waals surface area contributed by atoms with Crippen molar-refractivity contribution in [1.29, 1.82) is 0 Å². The van der Waals surface area contributed by atoms with Crippen LogP contribution in [0.5, 0.6) is 11.5 Å². The fourth-order valence-corrected chi connectivity index (χ4v) is 5.04. The van der Waals surface area contributed by atoms with Crippen LogP contribution < -0.4 is 15.2 Å². The molecule has 2 unspecified atom stereocenters. The van der Waals surface area contributed by atoms with Gasteiger partial charge in [-0.25, -0.2) is 4.79 Å². The summed E-state index contributed by atoms with van der Waals surface area (Å²) < 4.78 is 34.9. The number of ether oxygens (including phenoxy) is 2. The third-order valence-electron chi connectivity index (χ3n) is 4.39. The van der Waals surface area contributed by atoms with Gasteiger partial charge in [0.25, 0.3) is 0 Å². The molecular weight excluding hydrogens is 400 g/mol. The highest BCUT2D eigenvalue weighted by molar-refractivity contribution is 8.11. The van der Waals surface area contributed by atoms with Gasteiger partial charge < -0.3 is 15.2 Å². The standard InChI is InChI=1S/C20H22F2N3O3S/c1-3-15-11-24-25(12-13-4-6-14(23)7-5-13)20(26)29(15)16-8-9-17(28-19(21)22)18(10-16)27-2/h4-11,15,19H,3,12,23H2,1-2H3/q+1. The van der Waals surface area contributed by atoms with Crippen LogP contribution in [0, 0.1) is 0 Å². The van der Waals surface area contributed by atoms with Gasteiger partial charge in [0, 0.05) is 11.8 Å². The number of halogens is 2. The van der Waals surface area contributed by atoms with E-state index in [2.05, 4.69) is 9.84 Å². The molecule has 1 amide bonds. The Balaban J connectivity index is 1.89. The molecule has 2 aromatic carbocycles. The smallest absolute Gasteiger partial charge is 0.458 e. The second-order valence-electron chi connectivity index (χ2n) is 6.31. The zero-order valence-electron chi connectivity index (χ0n) is 16.0. The molecule has 0 saturated carbocycles. The lowest BCUT2D eigenvalue weighted by atomic mass is 10.2. The maximum absolute atomic E-state index is 13.2. The average Bonchev–Trinajstić information content (AvgIpc) is 2.71. The third kappa shape index (κ3) is 4.79. The minimum Gasteiger partial charge on any atom is -0.493 e. The van der Waals surface area contributed by atoms with Gasteiger partial charge in [0.1, 0.15) is 10.9 Å². The summed E-state index contributed by atoms with van der Waals surface area (Å²) in [6.07, 6.45) is 2.49. The van der Waals surface area contributed by atoms with Gasteiger partial charge >= 0.3 is 11.9 Å². The molecule has 0 aromatic heterocycles. The zero-order valence-corrected chi connectivity index (χ0v) is 16.9. The predicted molar refractivity (Wildman–Crippen MR) is 110 cm³/mol. The lowest BCUT2D eigenvalue weighted by Gasteiger charge is -2.24. The lowest BCUT2D eigenvalue weighted by Crippen LogP contribution is -2.42. The largest absolute Gasteiger partial charge is 0.493 e. The van der Waals surface area contributed by atoms with Crippen molar-refractivity contribution in [3.63, 3.8) is 0 Å². The SMILES string of the molecule is CCC1C=NN(Cc2ccc(N)cc2)C(=O)[S+]1c1ccc(OC(F)F)c(OC)c1. The first kappa shape index (κ1) is 20.9. The minimum absolute atomic E-state index is 0.0697. The molecule has 1 heterocycles. The van der Waals surface area contributed by atoms with Crippen molar-refractivity contribution in [3.05, 3.63) is 48.0 Å². The first-order valence-corrected chi connectivity index (χ1v) is 10.3. The number of carbonyl (C=O) groups excluding carboxylic acids is 1. The van der Waals surface area contributed by atoms with Gasteiger partial charge in [-0.3, -0.25) is 0 Å². The molecule has 6 nitrogen and oxygen atoms in total. The summed E-state index contributed by atoms with van der Waals surface area (Å²) in [4.78, 5) is 13.9. The first-order valence-electron chi connectivity index (χ1n) is 8.99. The molecule has 2 atom stereocenters. The summed E-state index contributed by atoms with van der Waals surface area (Å²) in [6.45, 7) is -0.663. The molecule has 3 rings (SSSR count). The Morgan fingerprint density at radius 3 is 2.55 bits per heavy atom. The Kier molecular flexibility index (Phi) is 6.58. The number of hydrazone groups is 1. The number of nitrogen functional groups attached to an aromatic ring is 1. The van der Waals surface area contributed by atoms with Crippen molar-refractivity contribution in [2.75, 3.05) is 12.8 Å². The number of amides is 1. The number of rotatable bonds is 7. The highest BCUT2D eigenvalue weighted by atomic mass is 32.2. The molecule has 29 heavy (non-hydrogen) atoms. The number of hydrogen-bond acceptors (Lipinski definition) is 5. The Labute approximate surface area is 170 Å². The topological polar surface area (TPSA) is 77.2 Å². The molecule has 1 aliphatic heterocycles. The molecule has 0 fully saturated rings. The Hall–Kier alpha value is -2.81. The van der Waals surface area contributed by atoms with Gasteiger partial charge in [-0.2, -0.15) is 18.9 Å².